The number of halogens is 1. The maximum Gasteiger partial charge on any atom is 0.129 e. The zero-order valence-electron chi connectivity index (χ0n) is 10.8. The van der Waals surface area contributed by atoms with Crippen LogP contribution in [0.1, 0.15) is 44.1 Å². The quantitative estimate of drug-likeness (QED) is 0.764. The lowest BCUT2D eigenvalue weighted by Gasteiger charge is -2.25. The van der Waals surface area contributed by atoms with Gasteiger partial charge in [0.1, 0.15) is 5.82 Å². The number of nitrogens with zero attached hydrogens (tertiary/aromatic N) is 1. The number of hydrogen-bond acceptors (Lipinski definition) is 1. The average Bonchev–Trinajstić information content (AvgIpc) is 2.96. The molecule has 0 saturated heterocycles. The third-order valence-corrected chi connectivity index (χ3v) is 5.09. The van der Waals surface area contributed by atoms with Gasteiger partial charge in [0.15, 0.2) is 0 Å². The fourth-order valence-electron chi connectivity index (χ4n) is 4.07. The van der Waals surface area contributed by atoms with Crippen LogP contribution in [0.25, 0.3) is 0 Å². The SMILES string of the molecule is Fc1cccc2c1C1(CCCC1)CN2CC1CC1. The molecule has 0 bridgehead atoms. The van der Waals surface area contributed by atoms with Gasteiger partial charge in [0.2, 0.25) is 0 Å². The molecule has 96 valence electrons. The van der Waals surface area contributed by atoms with Gasteiger partial charge in [-0.15, -0.1) is 0 Å². The minimum Gasteiger partial charge on any atom is -0.370 e. The number of hydrogen-bond donors (Lipinski definition) is 0. The molecule has 1 aromatic carbocycles. The molecular formula is C16H20FN. The lowest BCUT2D eigenvalue weighted by Crippen LogP contribution is -2.32. The van der Waals surface area contributed by atoms with Crippen molar-refractivity contribution in [1.29, 1.82) is 0 Å². The largest absolute Gasteiger partial charge is 0.370 e. The lowest BCUT2D eigenvalue weighted by molar-refractivity contribution is 0.441. The fourth-order valence-corrected chi connectivity index (χ4v) is 4.07. The molecule has 0 amide bonds. The summed E-state index contributed by atoms with van der Waals surface area (Å²) in [4.78, 5) is 2.47. The Bertz CT molecular complexity index is 472. The van der Waals surface area contributed by atoms with Crippen LogP contribution in [0.15, 0.2) is 18.2 Å². The van der Waals surface area contributed by atoms with Crippen LogP contribution in [0, 0.1) is 11.7 Å². The summed E-state index contributed by atoms with van der Waals surface area (Å²) in [7, 11) is 0. The van der Waals surface area contributed by atoms with Gasteiger partial charge >= 0.3 is 0 Å². The van der Waals surface area contributed by atoms with Gasteiger partial charge in [-0.2, -0.15) is 0 Å². The van der Waals surface area contributed by atoms with Crippen molar-refractivity contribution in [1.82, 2.24) is 0 Å². The molecular weight excluding hydrogens is 225 g/mol. The van der Waals surface area contributed by atoms with E-state index in [1.54, 1.807) is 6.07 Å². The van der Waals surface area contributed by atoms with E-state index in [1.165, 1.54) is 44.2 Å². The van der Waals surface area contributed by atoms with Gasteiger partial charge in [-0.1, -0.05) is 18.9 Å². The highest BCUT2D eigenvalue weighted by molar-refractivity contribution is 5.63. The molecule has 2 saturated carbocycles. The van der Waals surface area contributed by atoms with Crippen molar-refractivity contribution in [3.05, 3.63) is 29.6 Å². The Morgan fingerprint density at radius 2 is 2.00 bits per heavy atom. The maximum absolute atomic E-state index is 14.3. The van der Waals surface area contributed by atoms with Crippen molar-refractivity contribution in [2.24, 2.45) is 5.92 Å². The topological polar surface area (TPSA) is 3.24 Å². The van der Waals surface area contributed by atoms with Crippen molar-refractivity contribution < 1.29 is 4.39 Å². The second kappa shape index (κ2) is 3.72. The first kappa shape index (κ1) is 10.8. The summed E-state index contributed by atoms with van der Waals surface area (Å²) in [5, 5.41) is 0. The third kappa shape index (κ3) is 1.51. The Hall–Kier alpha value is -1.05. The van der Waals surface area contributed by atoms with Crippen LogP contribution in [-0.4, -0.2) is 13.1 Å². The molecule has 1 nitrogen and oxygen atoms in total. The Morgan fingerprint density at radius 1 is 1.22 bits per heavy atom. The first-order chi connectivity index (χ1) is 8.78. The molecule has 2 fully saturated rings. The molecule has 3 aliphatic rings. The van der Waals surface area contributed by atoms with Gasteiger partial charge in [0.05, 0.1) is 0 Å². The van der Waals surface area contributed by atoms with Crippen LogP contribution in [0.5, 0.6) is 0 Å². The van der Waals surface area contributed by atoms with E-state index in [0.717, 1.165) is 24.6 Å². The maximum atomic E-state index is 14.3. The zero-order valence-corrected chi connectivity index (χ0v) is 10.8. The average molecular weight is 245 g/mol. The summed E-state index contributed by atoms with van der Waals surface area (Å²) < 4.78 is 14.3. The van der Waals surface area contributed by atoms with E-state index in [2.05, 4.69) is 11.0 Å². The van der Waals surface area contributed by atoms with E-state index < -0.39 is 0 Å². The van der Waals surface area contributed by atoms with Gasteiger partial charge in [-0.25, -0.2) is 4.39 Å². The minimum atomic E-state index is 0.0349. The summed E-state index contributed by atoms with van der Waals surface area (Å²) in [6.45, 7) is 2.22. The highest BCUT2D eigenvalue weighted by atomic mass is 19.1. The minimum absolute atomic E-state index is 0.0349. The Kier molecular flexibility index (Phi) is 2.24. The van der Waals surface area contributed by atoms with Crippen molar-refractivity contribution in [3.8, 4) is 0 Å². The van der Waals surface area contributed by atoms with Gasteiger partial charge in [-0.05, 0) is 43.7 Å². The summed E-state index contributed by atoms with van der Waals surface area (Å²) in [5.41, 5.74) is 2.39. The molecule has 0 atom stereocenters. The van der Waals surface area contributed by atoms with Crippen LogP contribution in [0.4, 0.5) is 10.1 Å². The summed E-state index contributed by atoms with van der Waals surface area (Å²) >= 11 is 0. The summed E-state index contributed by atoms with van der Waals surface area (Å²) in [5.74, 6) is 0.908. The van der Waals surface area contributed by atoms with Gasteiger partial charge in [0, 0.05) is 29.8 Å². The molecule has 0 aromatic heterocycles. The molecule has 0 N–H and O–H groups in total. The predicted molar refractivity (Wildman–Crippen MR) is 71.5 cm³/mol. The van der Waals surface area contributed by atoms with E-state index in [-0.39, 0.29) is 11.2 Å². The number of anilines is 1. The van der Waals surface area contributed by atoms with E-state index in [0.29, 0.717) is 0 Å². The van der Waals surface area contributed by atoms with Gasteiger partial charge < -0.3 is 4.90 Å². The Labute approximate surface area is 108 Å². The standard InChI is InChI=1S/C16H20FN/c17-13-4-3-5-14-15(13)16(8-1-2-9-16)11-18(14)10-12-6-7-12/h3-5,12H,1-2,6-11H2. The van der Waals surface area contributed by atoms with E-state index in [9.17, 15) is 4.39 Å². The lowest BCUT2D eigenvalue weighted by atomic mass is 9.80. The zero-order chi connectivity index (χ0) is 12.2. The molecule has 0 unspecified atom stereocenters. The molecule has 4 rings (SSSR count). The number of fused-ring (bicyclic) bond motifs is 2. The van der Waals surface area contributed by atoms with Crippen molar-refractivity contribution in [2.75, 3.05) is 18.0 Å². The number of benzene rings is 1. The molecule has 18 heavy (non-hydrogen) atoms. The van der Waals surface area contributed by atoms with Crippen molar-refractivity contribution in [2.45, 2.75) is 43.9 Å². The predicted octanol–water partition coefficient (Wildman–Crippen LogP) is 3.87. The molecule has 2 aliphatic carbocycles. The summed E-state index contributed by atoms with van der Waals surface area (Å²) in [6.07, 6.45) is 7.64. The molecule has 1 heterocycles. The smallest absolute Gasteiger partial charge is 0.129 e. The third-order valence-electron chi connectivity index (χ3n) is 5.09. The van der Waals surface area contributed by atoms with Crippen LogP contribution in [0.3, 0.4) is 0 Å². The summed E-state index contributed by atoms with van der Waals surface area (Å²) in [6, 6.07) is 5.66. The molecule has 1 aliphatic heterocycles. The van der Waals surface area contributed by atoms with Crippen molar-refractivity contribution >= 4 is 5.69 Å². The molecule has 0 radical (unpaired) electrons. The second-order valence-corrected chi connectivity index (χ2v) is 6.45. The van der Waals surface area contributed by atoms with Crippen LogP contribution in [-0.2, 0) is 5.41 Å². The van der Waals surface area contributed by atoms with Gasteiger partial charge in [-0.3, -0.25) is 0 Å². The number of rotatable bonds is 2. The van der Waals surface area contributed by atoms with Crippen LogP contribution >= 0.6 is 0 Å². The van der Waals surface area contributed by atoms with Gasteiger partial charge in [0.25, 0.3) is 0 Å². The van der Waals surface area contributed by atoms with E-state index >= 15 is 0 Å². The fraction of sp³-hybridized carbons (Fsp3) is 0.625. The van der Waals surface area contributed by atoms with Crippen LogP contribution in [0.2, 0.25) is 0 Å². The monoisotopic (exact) mass is 245 g/mol. The Morgan fingerprint density at radius 3 is 2.72 bits per heavy atom. The Balaban J connectivity index is 1.77. The second-order valence-electron chi connectivity index (χ2n) is 6.45. The van der Waals surface area contributed by atoms with Crippen molar-refractivity contribution in [3.63, 3.8) is 0 Å². The first-order valence-corrected chi connectivity index (χ1v) is 7.32. The highest BCUT2D eigenvalue weighted by Crippen LogP contribution is 2.52. The highest BCUT2D eigenvalue weighted by Gasteiger charge is 2.46. The first-order valence-electron chi connectivity index (χ1n) is 7.32. The van der Waals surface area contributed by atoms with E-state index in [1.807, 2.05) is 6.07 Å². The normalized spacial score (nSPS) is 24.8. The molecule has 2 heteroatoms. The molecule has 1 aromatic rings. The van der Waals surface area contributed by atoms with E-state index in [4.69, 9.17) is 0 Å². The molecule has 1 spiro atoms. The van der Waals surface area contributed by atoms with Crippen LogP contribution < -0.4 is 4.90 Å².